The lowest BCUT2D eigenvalue weighted by Crippen LogP contribution is -2.42. The largest absolute Gasteiger partial charge is 0.324 e. The molecule has 108 valence electrons. The van der Waals surface area contributed by atoms with Crippen LogP contribution >= 0.6 is 11.6 Å². The lowest BCUT2D eigenvalue weighted by Gasteiger charge is -2.33. The second kappa shape index (κ2) is 5.74. The summed E-state index contributed by atoms with van der Waals surface area (Å²) in [6.45, 7) is 2.24. The zero-order chi connectivity index (χ0) is 14.1. The maximum absolute atomic E-state index is 12.2. The van der Waals surface area contributed by atoms with E-state index >= 15 is 0 Å². The van der Waals surface area contributed by atoms with Crippen molar-refractivity contribution in [2.45, 2.75) is 51.1 Å². The van der Waals surface area contributed by atoms with Gasteiger partial charge >= 0.3 is 0 Å². The first kappa shape index (κ1) is 13.9. The van der Waals surface area contributed by atoms with Crippen molar-refractivity contribution < 1.29 is 4.79 Å². The Morgan fingerprint density at radius 2 is 2.15 bits per heavy atom. The minimum atomic E-state index is -0.249. The molecule has 0 bridgehead atoms. The van der Waals surface area contributed by atoms with Crippen molar-refractivity contribution in [3.05, 3.63) is 28.8 Å². The number of amides is 1. The highest BCUT2D eigenvalue weighted by atomic mass is 35.5. The number of hydrogen-bond acceptors (Lipinski definition) is 2. The highest BCUT2D eigenvalue weighted by Gasteiger charge is 2.34. The van der Waals surface area contributed by atoms with Gasteiger partial charge in [-0.15, -0.1) is 0 Å². The second-order valence-electron chi connectivity index (χ2n) is 5.88. The van der Waals surface area contributed by atoms with Crippen molar-refractivity contribution in [2.24, 2.45) is 5.92 Å². The third-order valence-electron chi connectivity index (χ3n) is 4.66. The molecule has 3 unspecified atom stereocenters. The fraction of sp³-hybridized carbons (Fsp3) is 0.562. The molecule has 2 N–H and O–H groups in total. The Hall–Kier alpha value is -1.06. The first-order chi connectivity index (χ1) is 9.69. The molecule has 1 heterocycles. The van der Waals surface area contributed by atoms with Gasteiger partial charge in [0.15, 0.2) is 0 Å². The van der Waals surface area contributed by atoms with Crippen LogP contribution in [0.3, 0.4) is 0 Å². The summed E-state index contributed by atoms with van der Waals surface area (Å²) in [5.74, 6) is 0.725. The Labute approximate surface area is 125 Å². The number of benzene rings is 1. The van der Waals surface area contributed by atoms with Gasteiger partial charge in [-0.05, 0) is 37.0 Å². The van der Waals surface area contributed by atoms with E-state index in [0.29, 0.717) is 17.0 Å². The maximum atomic E-state index is 12.2. The Balaban J connectivity index is 1.80. The molecule has 1 aromatic rings. The molecule has 1 aromatic carbocycles. The molecular weight excluding hydrogens is 272 g/mol. The Kier molecular flexibility index (Phi) is 3.99. The molecule has 1 saturated carbocycles. The summed E-state index contributed by atoms with van der Waals surface area (Å²) in [6.07, 6.45) is 6.18. The minimum absolute atomic E-state index is 0.0442. The average molecular weight is 293 g/mol. The van der Waals surface area contributed by atoms with E-state index in [1.165, 1.54) is 25.7 Å². The maximum Gasteiger partial charge on any atom is 0.246 e. The summed E-state index contributed by atoms with van der Waals surface area (Å²) >= 11 is 6.07. The van der Waals surface area contributed by atoms with E-state index in [-0.39, 0.29) is 11.9 Å². The molecule has 0 saturated heterocycles. The molecule has 0 aromatic heterocycles. The number of carbonyl (C=O) groups excluding carboxylic acids is 1. The number of rotatable bonds is 3. The van der Waals surface area contributed by atoms with Crippen LogP contribution in [0.25, 0.3) is 0 Å². The van der Waals surface area contributed by atoms with Crippen LogP contribution in [0.2, 0.25) is 5.02 Å². The molecule has 3 nitrogen and oxygen atoms in total. The van der Waals surface area contributed by atoms with Gasteiger partial charge in [0.2, 0.25) is 5.91 Å². The van der Waals surface area contributed by atoms with Crippen LogP contribution in [0.5, 0.6) is 0 Å². The fourth-order valence-corrected chi connectivity index (χ4v) is 3.71. The summed E-state index contributed by atoms with van der Waals surface area (Å²) < 4.78 is 0. The predicted molar refractivity (Wildman–Crippen MR) is 82.0 cm³/mol. The lowest BCUT2D eigenvalue weighted by atomic mass is 9.82. The molecule has 1 amide bonds. The molecule has 0 radical (unpaired) electrons. The standard InChI is InChI=1S/C16H21ClN2O/c1-2-10-5-3-4-6-13(10)18-15-12-9-11(17)7-8-14(12)19-16(15)20/h7-10,13,15,18H,2-6H2,1H3,(H,19,20). The van der Waals surface area contributed by atoms with Gasteiger partial charge in [-0.1, -0.05) is 37.8 Å². The first-order valence-corrected chi connectivity index (χ1v) is 7.93. The molecule has 3 atom stereocenters. The SMILES string of the molecule is CCC1CCCCC1NC1C(=O)Nc2ccc(Cl)cc21. The average Bonchev–Trinajstić information content (AvgIpc) is 2.76. The third kappa shape index (κ3) is 2.57. The van der Waals surface area contributed by atoms with Crippen molar-refractivity contribution in [1.29, 1.82) is 0 Å². The summed E-state index contributed by atoms with van der Waals surface area (Å²) in [7, 11) is 0. The zero-order valence-corrected chi connectivity index (χ0v) is 12.5. The van der Waals surface area contributed by atoms with Crippen LogP contribution in [0.15, 0.2) is 18.2 Å². The number of nitrogens with one attached hydrogen (secondary N) is 2. The Bertz CT molecular complexity index is 517. The summed E-state index contributed by atoms with van der Waals surface area (Å²) in [5.41, 5.74) is 1.88. The minimum Gasteiger partial charge on any atom is -0.324 e. The summed E-state index contributed by atoms with van der Waals surface area (Å²) in [4.78, 5) is 12.2. The second-order valence-corrected chi connectivity index (χ2v) is 6.32. The quantitative estimate of drug-likeness (QED) is 0.887. The molecule has 0 spiro atoms. The van der Waals surface area contributed by atoms with E-state index in [0.717, 1.165) is 17.7 Å². The molecule has 1 aliphatic heterocycles. The normalized spacial score (nSPS) is 29.1. The number of anilines is 1. The Morgan fingerprint density at radius 3 is 2.95 bits per heavy atom. The van der Waals surface area contributed by atoms with Crippen molar-refractivity contribution in [1.82, 2.24) is 5.32 Å². The summed E-state index contributed by atoms with van der Waals surface area (Å²) in [5, 5.41) is 7.20. The van der Waals surface area contributed by atoms with E-state index < -0.39 is 0 Å². The Morgan fingerprint density at radius 1 is 1.35 bits per heavy atom. The van der Waals surface area contributed by atoms with Crippen LogP contribution in [0.1, 0.15) is 50.6 Å². The molecule has 3 rings (SSSR count). The number of halogens is 1. The molecule has 1 aliphatic carbocycles. The lowest BCUT2D eigenvalue weighted by molar-refractivity contribution is -0.118. The first-order valence-electron chi connectivity index (χ1n) is 7.55. The number of carbonyl (C=O) groups is 1. The molecule has 20 heavy (non-hydrogen) atoms. The van der Waals surface area contributed by atoms with Gasteiger partial charge in [0.25, 0.3) is 0 Å². The number of fused-ring (bicyclic) bond motifs is 1. The molecule has 2 aliphatic rings. The molecular formula is C16H21ClN2O. The zero-order valence-electron chi connectivity index (χ0n) is 11.8. The van der Waals surface area contributed by atoms with Gasteiger partial charge in [0.05, 0.1) is 0 Å². The smallest absolute Gasteiger partial charge is 0.246 e. The van der Waals surface area contributed by atoms with Crippen molar-refractivity contribution in [3.63, 3.8) is 0 Å². The van der Waals surface area contributed by atoms with E-state index in [4.69, 9.17) is 11.6 Å². The van der Waals surface area contributed by atoms with Crippen molar-refractivity contribution in [2.75, 3.05) is 5.32 Å². The van der Waals surface area contributed by atoms with Crippen LogP contribution < -0.4 is 10.6 Å². The van der Waals surface area contributed by atoms with Gasteiger partial charge in [0.1, 0.15) is 6.04 Å². The highest BCUT2D eigenvalue weighted by molar-refractivity contribution is 6.31. The van der Waals surface area contributed by atoms with Crippen molar-refractivity contribution >= 4 is 23.2 Å². The van der Waals surface area contributed by atoms with Gasteiger partial charge in [-0.25, -0.2) is 0 Å². The topological polar surface area (TPSA) is 41.1 Å². The van der Waals surface area contributed by atoms with Gasteiger partial charge in [-0.3, -0.25) is 10.1 Å². The molecule has 4 heteroatoms. The third-order valence-corrected chi connectivity index (χ3v) is 4.89. The van der Waals surface area contributed by atoms with Crippen molar-refractivity contribution in [3.8, 4) is 0 Å². The van der Waals surface area contributed by atoms with Crippen LogP contribution in [0, 0.1) is 5.92 Å². The number of hydrogen-bond donors (Lipinski definition) is 2. The van der Waals surface area contributed by atoms with E-state index in [2.05, 4.69) is 17.6 Å². The fourth-order valence-electron chi connectivity index (χ4n) is 3.53. The van der Waals surface area contributed by atoms with Crippen LogP contribution in [-0.2, 0) is 4.79 Å². The van der Waals surface area contributed by atoms with E-state index in [1.807, 2.05) is 18.2 Å². The predicted octanol–water partition coefficient (Wildman–Crippen LogP) is 3.89. The van der Waals surface area contributed by atoms with Gasteiger partial charge in [-0.2, -0.15) is 0 Å². The van der Waals surface area contributed by atoms with Gasteiger partial charge in [0, 0.05) is 22.3 Å². The van der Waals surface area contributed by atoms with Crippen LogP contribution in [0.4, 0.5) is 5.69 Å². The monoisotopic (exact) mass is 292 g/mol. The summed E-state index contributed by atoms with van der Waals surface area (Å²) in [6, 6.07) is 5.79. The highest BCUT2D eigenvalue weighted by Crippen LogP contribution is 2.35. The van der Waals surface area contributed by atoms with E-state index in [9.17, 15) is 4.79 Å². The molecule has 1 fully saturated rings. The van der Waals surface area contributed by atoms with E-state index in [1.54, 1.807) is 0 Å². The van der Waals surface area contributed by atoms with Crippen LogP contribution in [-0.4, -0.2) is 11.9 Å². The van der Waals surface area contributed by atoms with Gasteiger partial charge < -0.3 is 5.32 Å².